The Morgan fingerprint density at radius 1 is 1.35 bits per heavy atom. The Kier molecular flexibility index (Phi) is 6.37. The van der Waals surface area contributed by atoms with Crippen LogP contribution in [0.1, 0.15) is 55.6 Å². The molecule has 1 aromatic carbocycles. The number of hydrogen-bond acceptors (Lipinski definition) is 4. The van der Waals surface area contributed by atoms with E-state index in [1.54, 1.807) is 23.1 Å². The first kappa shape index (κ1) is 22.4. The van der Waals surface area contributed by atoms with E-state index in [-0.39, 0.29) is 17.5 Å². The van der Waals surface area contributed by atoms with Gasteiger partial charge < -0.3 is 15.4 Å². The van der Waals surface area contributed by atoms with Crippen LogP contribution in [-0.4, -0.2) is 44.2 Å². The molecule has 7 nitrogen and oxygen atoms in total. The molecule has 3 rings (SSSR count). The van der Waals surface area contributed by atoms with Crippen molar-refractivity contribution < 1.29 is 23.1 Å². The first-order chi connectivity index (χ1) is 14.6. The number of H-pyrrole nitrogens is 1. The zero-order chi connectivity index (χ0) is 22.8. The molecule has 0 spiro atoms. The minimum atomic E-state index is -4.34. The van der Waals surface area contributed by atoms with Crippen molar-refractivity contribution in [1.82, 2.24) is 20.1 Å². The molecule has 10 heteroatoms. The molecule has 2 aromatic heterocycles. The van der Waals surface area contributed by atoms with Gasteiger partial charge in [0.15, 0.2) is 5.88 Å². The predicted octanol–water partition coefficient (Wildman–Crippen LogP) is 4.86. The van der Waals surface area contributed by atoms with E-state index in [9.17, 15) is 23.1 Å². The van der Waals surface area contributed by atoms with Gasteiger partial charge in [0, 0.05) is 29.1 Å². The van der Waals surface area contributed by atoms with Crippen LogP contribution < -0.4 is 5.32 Å². The van der Waals surface area contributed by atoms with E-state index in [1.165, 1.54) is 12.1 Å². The lowest BCUT2D eigenvalue weighted by Gasteiger charge is -2.08. The molecule has 0 unspecified atom stereocenters. The number of hydrogen-bond donors (Lipinski definition) is 3. The SMILES string of the molecule is CCC(=Nc1cnn(C(C)C)c1)c1c(O)[nH]c2ccc(C(=O)NCCC(F)(F)F)cc12. The highest BCUT2D eigenvalue weighted by Crippen LogP contribution is 2.31. The average molecular weight is 435 g/mol. The molecule has 0 aliphatic rings. The third-order valence-electron chi connectivity index (χ3n) is 4.74. The third-order valence-corrected chi connectivity index (χ3v) is 4.74. The molecule has 0 bridgehead atoms. The summed E-state index contributed by atoms with van der Waals surface area (Å²) in [5.41, 5.74) is 2.43. The van der Waals surface area contributed by atoms with Crippen molar-refractivity contribution in [1.29, 1.82) is 0 Å². The van der Waals surface area contributed by atoms with E-state index in [0.29, 0.717) is 34.3 Å². The van der Waals surface area contributed by atoms with Gasteiger partial charge in [0.1, 0.15) is 5.69 Å². The summed E-state index contributed by atoms with van der Waals surface area (Å²) in [6.45, 7) is 5.37. The number of rotatable bonds is 7. The van der Waals surface area contributed by atoms with Crippen molar-refractivity contribution in [2.75, 3.05) is 6.54 Å². The molecule has 0 atom stereocenters. The summed E-state index contributed by atoms with van der Waals surface area (Å²) in [6, 6.07) is 4.79. The molecule has 0 saturated carbocycles. The molecule has 3 N–H and O–H groups in total. The molecule has 31 heavy (non-hydrogen) atoms. The van der Waals surface area contributed by atoms with Gasteiger partial charge in [-0.3, -0.25) is 9.48 Å². The zero-order valence-corrected chi connectivity index (χ0v) is 17.4. The lowest BCUT2D eigenvalue weighted by atomic mass is 10.0. The number of aromatic nitrogens is 3. The molecule has 0 fully saturated rings. The number of alkyl halides is 3. The number of halogens is 3. The maximum absolute atomic E-state index is 12.3. The predicted molar refractivity (Wildman–Crippen MR) is 112 cm³/mol. The van der Waals surface area contributed by atoms with Crippen molar-refractivity contribution in [3.8, 4) is 5.88 Å². The fraction of sp³-hybridized carbons (Fsp3) is 0.381. The van der Waals surface area contributed by atoms with Gasteiger partial charge in [0.05, 0.1) is 30.1 Å². The van der Waals surface area contributed by atoms with Crippen LogP contribution in [-0.2, 0) is 0 Å². The second-order valence-electron chi connectivity index (χ2n) is 7.41. The number of aromatic hydroxyl groups is 1. The fourth-order valence-electron chi connectivity index (χ4n) is 3.17. The maximum Gasteiger partial charge on any atom is 0.390 e. The second kappa shape index (κ2) is 8.83. The standard InChI is InChI=1S/C21H24F3N5O2/c1-4-16(27-14-10-26-29(11-14)12(2)3)18-15-9-13(5-6-17(15)28-20(18)31)19(30)25-8-7-21(22,23)24/h5-6,9-12,28,31H,4,7-8H2,1-3H3,(H,25,30). The largest absolute Gasteiger partial charge is 0.494 e. The molecule has 166 valence electrons. The van der Waals surface area contributed by atoms with Crippen molar-refractivity contribution in [2.45, 2.75) is 45.8 Å². The van der Waals surface area contributed by atoms with Gasteiger partial charge in [-0.15, -0.1) is 0 Å². The third kappa shape index (κ3) is 5.25. The molecule has 0 aliphatic heterocycles. The zero-order valence-electron chi connectivity index (χ0n) is 17.4. The van der Waals surface area contributed by atoms with Crippen molar-refractivity contribution in [3.05, 3.63) is 41.7 Å². The van der Waals surface area contributed by atoms with Gasteiger partial charge >= 0.3 is 6.18 Å². The van der Waals surface area contributed by atoms with E-state index >= 15 is 0 Å². The first-order valence-electron chi connectivity index (χ1n) is 9.90. The van der Waals surface area contributed by atoms with E-state index in [1.807, 2.05) is 20.8 Å². The van der Waals surface area contributed by atoms with Gasteiger partial charge in [0.2, 0.25) is 0 Å². The summed E-state index contributed by atoms with van der Waals surface area (Å²) >= 11 is 0. The lowest BCUT2D eigenvalue weighted by Crippen LogP contribution is -2.27. The second-order valence-corrected chi connectivity index (χ2v) is 7.41. The van der Waals surface area contributed by atoms with E-state index < -0.39 is 25.0 Å². The molecule has 0 aliphatic carbocycles. The van der Waals surface area contributed by atoms with Crippen LogP contribution in [0.25, 0.3) is 10.9 Å². The summed E-state index contributed by atoms with van der Waals surface area (Å²) in [7, 11) is 0. The number of benzene rings is 1. The van der Waals surface area contributed by atoms with Crippen LogP contribution in [0.4, 0.5) is 18.9 Å². The number of carbonyl (C=O) groups is 1. The molecule has 0 radical (unpaired) electrons. The van der Waals surface area contributed by atoms with Crippen LogP contribution in [0.15, 0.2) is 35.6 Å². The number of aliphatic imine (C=N–C) groups is 1. The van der Waals surface area contributed by atoms with Gasteiger partial charge in [0.25, 0.3) is 5.91 Å². The molecule has 3 aromatic rings. The molecule has 1 amide bonds. The summed E-state index contributed by atoms with van der Waals surface area (Å²) in [5.74, 6) is -0.715. The van der Waals surface area contributed by atoms with Gasteiger partial charge in [-0.05, 0) is 38.5 Å². The number of carbonyl (C=O) groups excluding carboxylic acids is 1. The Labute approximate surface area is 177 Å². The Balaban J connectivity index is 1.94. The summed E-state index contributed by atoms with van der Waals surface area (Å²) in [5, 5.41) is 17.6. The van der Waals surface area contributed by atoms with Crippen LogP contribution in [0.2, 0.25) is 0 Å². The highest BCUT2D eigenvalue weighted by molar-refractivity contribution is 6.14. The number of nitrogens with one attached hydrogen (secondary N) is 2. The highest BCUT2D eigenvalue weighted by atomic mass is 19.4. The fourth-order valence-corrected chi connectivity index (χ4v) is 3.17. The topological polar surface area (TPSA) is 95.3 Å². The van der Waals surface area contributed by atoms with Crippen molar-refractivity contribution in [2.24, 2.45) is 4.99 Å². The Morgan fingerprint density at radius 2 is 2.10 bits per heavy atom. The molecular weight excluding hydrogens is 411 g/mol. The Hall–Kier alpha value is -3.30. The summed E-state index contributed by atoms with van der Waals surface area (Å²) in [4.78, 5) is 19.8. The van der Waals surface area contributed by atoms with Gasteiger partial charge in [-0.1, -0.05) is 6.92 Å². The number of nitrogens with zero attached hydrogens (tertiary/aromatic N) is 3. The Morgan fingerprint density at radius 3 is 2.71 bits per heavy atom. The monoisotopic (exact) mass is 435 g/mol. The number of aromatic amines is 1. The number of fused-ring (bicyclic) bond motifs is 1. The molecule has 0 saturated heterocycles. The van der Waals surface area contributed by atoms with Crippen LogP contribution in [0.3, 0.4) is 0 Å². The quantitative estimate of drug-likeness (QED) is 0.462. The smallest absolute Gasteiger partial charge is 0.390 e. The molecule has 2 heterocycles. The van der Waals surface area contributed by atoms with Crippen LogP contribution >= 0.6 is 0 Å². The van der Waals surface area contributed by atoms with Gasteiger partial charge in [-0.2, -0.15) is 18.3 Å². The molecular formula is C21H24F3N5O2. The van der Waals surface area contributed by atoms with Crippen molar-refractivity contribution >= 4 is 28.2 Å². The van der Waals surface area contributed by atoms with Crippen LogP contribution in [0, 0.1) is 0 Å². The van der Waals surface area contributed by atoms with E-state index in [4.69, 9.17) is 0 Å². The summed E-state index contributed by atoms with van der Waals surface area (Å²) < 4.78 is 38.7. The lowest BCUT2D eigenvalue weighted by molar-refractivity contribution is -0.132. The Bertz CT molecular complexity index is 1110. The minimum Gasteiger partial charge on any atom is -0.494 e. The average Bonchev–Trinajstić information content (AvgIpc) is 3.28. The normalized spacial score (nSPS) is 12.7. The minimum absolute atomic E-state index is 0.0959. The van der Waals surface area contributed by atoms with E-state index in [0.717, 1.165) is 0 Å². The summed E-state index contributed by atoms with van der Waals surface area (Å²) in [6.07, 6.45) is -1.53. The maximum atomic E-state index is 12.3. The highest BCUT2D eigenvalue weighted by Gasteiger charge is 2.26. The van der Waals surface area contributed by atoms with Crippen LogP contribution in [0.5, 0.6) is 5.88 Å². The van der Waals surface area contributed by atoms with Gasteiger partial charge in [-0.25, -0.2) is 4.99 Å². The van der Waals surface area contributed by atoms with Crippen molar-refractivity contribution in [3.63, 3.8) is 0 Å². The first-order valence-corrected chi connectivity index (χ1v) is 9.90. The number of amides is 1. The van der Waals surface area contributed by atoms with E-state index in [2.05, 4.69) is 20.4 Å².